The van der Waals surface area contributed by atoms with E-state index in [1.165, 1.54) is 40.5 Å². The lowest BCUT2D eigenvalue weighted by Crippen LogP contribution is -2.64. The van der Waals surface area contributed by atoms with Crippen molar-refractivity contribution in [2.75, 3.05) is 60.2 Å². The van der Waals surface area contributed by atoms with Crippen LogP contribution in [0.2, 0.25) is 0 Å². The number of ether oxygens (including phenoxy) is 2. The number of anilines is 3. The molecule has 102 heavy (non-hydrogen) atoms. The lowest BCUT2D eigenvalue weighted by atomic mass is 9.39. The van der Waals surface area contributed by atoms with Crippen LogP contribution in [0.15, 0.2) is 85.3 Å². The highest BCUT2D eigenvalue weighted by atomic mass is 32.2. The second-order valence-electron chi connectivity index (χ2n) is 28.8. The lowest BCUT2D eigenvalue weighted by molar-refractivity contribution is -0.248. The van der Waals surface area contributed by atoms with Gasteiger partial charge in [0.2, 0.25) is 11.8 Å². The molecule has 32 heteroatoms. The van der Waals surface area contributed by atoms with Gasteiger partial charge in [-0.15, -0.1) is 0 Å². The Balaban J connectivity index is 0.736. The van der Waals surface area contributed by atoms with Crippen LogP contribution in [-0.4, -0.2) is 173 Å². The number of unbranched alkanes of at least 4 members (excludes halogenated alkanes) is 2. The molecule has 4 bridgehead atoms. The summed E-state index contributed by atoms with van der Waals surface area (Å²) in [5, 5.41) is 24.3. The first-order valence-electron chi connectivity index (χ1n) is 34.2. The molecule has 12 rings (SSSR count). The molecular weight excluding hydrogens is 1350 g/mol. The number of primary amides is 2. The molecule has 4 atom stereocenters. The van der Waals surface area contributed by atoms with Gasteiger partial charge in [0.15, 0.2) is 16.5 Å². The number of imidazole rings is 1. The largest absolute Gasteiger partial charge is 0.476 e. The number of carbonyl (C=O) groups is 9. The van der Waals surface area contributed by atoms with Crippen molar-refractivity contribution in [3.05, 3.63) is 114 Å². The summed E-state index contributed by atoms with van der Waals surface area (Å²) in [4.78, 5) is 137. The number of nitrogens with one attached hydrogen (secondary N) is 3. The Morgan fingerprint density at radius 2 is 1.56 bits per heavy atom. The van der Waals surface area contributed by atoms with E-state index in [0.29, 0.717) is 78.7 Å². The van der Waals surface area contributed by atoms with E-state index in [1.807, 2.05) is 45.3 Å². The number of carboxylic acids is 1. The van der Waals surface area contributed by atoms with Crippen LogP contribution in [0.3, 0.4) is 0 Å². The molecule has 6 aliphatic rings. The van der Waals surface area contributed by atoms with Crippen molar-refractivity contribution < 1.29 is 70.7 Å². The SMILES string of the molecule is Cc1c(-c2ccc(N3CCn4cnc(C(=O)Nc5nc6ccccc6s5)c4C3)nc2C(=O)O)cnn1CC12CC3(C)CC(C)(C1)CC(OCCN(CCS(=O)(=O)O)C(=O)OCc1ccc(N(C(=O)[C@@H](NC(=O)CCCCCN4C(=O)C=CC4=O)C(C)C)[C@@H](CCCNC(N)=O)C(N)=O)cc1)(C3)C2. The minimum Gasteiger partial charge on any atom is -0.476 e. The number of imide groups is 1. The second-order valence-corrected chi connectivity index (χ2v) is 31.4. The number of carboxylic acid groups (broad SMARTS) is 1. The van der Waals surface area contributed by atoms with Crippen molar-refractivity contribution in [1.82, 2.24) is 49.7 Å². The zero-order chi connectivity index (χ0) is 73.1. The Bertz CT molecular complexity index is 4310. The summed E-state index contributed by atoms with van der Waals surface area (Å²) in [5.74, 6) is -5.24. The third-order valence-corrected chi connectivity index (χ3v) is 21.7. The van der Waals surface area contributed by atoms with Crippen molar-refractivity contribution in [2.45, 2.75) is 156 Å². The fraction of sp³-hybridized carbons (Fsp3) is 0.500. The molecule has 544 valence electrons. The number of nitrogens with zero attached hydrogens (tertiary/aromatic N) is 10. The average molecular weight is 1440 g/mol. The van der Waals surface area contributed by atoms with E-state index in [1.54, 1.807) is 50.6 Å². The van der Waals surface area contributed by atoms with Crippen LogP contribution in [0.1, 0.15) is 143 Å². The molecule has 2 aromatic carbocycles. The minimum absolute atomic E-state index is 0.00335. The summed E-state index contributed by atoms with van der Waals surface area (Å²) in [6.07, 6.45) is 11.2. The number of pyridine rings is 1. The number of aromatic nitrogens is 6. The topological polar surface area (TPSA) is 409 Å². The number of para-hydroxylation sites is 1. The van der Waals surface area contributed by atoms with Crippen LogP contribution in [0.25, 0.3) is 21.3 Å². The summed E-state index contributed by atoms with van der Waals surface area (Å²) in [7, 11) is -4.55. The predicted molar refractivity (Wildman–Crippen MR) is 376 cm³/mol. The molecule has 9 N–H and O–H groups in total. The fourth-order valence-corrected chi connectivity index (χ4v) is 17.9. The fourth-order valence-electron chi connectivity index (χ4n) is 16.6. The average Bonchev–Trinajstić information content (AvgIpc) is 0.715. The normalized spacial score (nSPS) is 21.1. The van der Waals surface area contributed by atoms with Gasteiger partial charge in [0.25, 0.3) is 33.7 Å². The van der Waals surface area contributed by atoms with Crippen molar-refractivity contribution in [1.29, 1.82) is 0 Å². The van der Waals surface area contributed by atoms with Gasteiger partial charge in [0.05, 0.1) is 52.9 Å². The van der Waals surface area contributed by atoms with Crippen LogP contribution in [0.4, 0.5) is 26.2 Å². The maximum absolute atomic E-state index is 14.8. The van der Waals surface area contributed by atoms with Crippen LogP contribution < -0.4 is 37.2 Å². The number of nitrogens with two attached hydrogens (primary N) is 2. The molecule has 4 aliphatic carbocycles. The number of amides is 9. The Kier molecular flexibility index (Phi) is 21.7. The zero-order valence-corrected chi connectivity index (χ0v) is 59.4. The van der Waals surface area contributed by atoms with E-state index >= 15 is 0 Å². The number of rotatable bonds is 32. The van der Waals surface area contributed by atoms with Crippen molar-refractivity contribution in [3.63, 3.8) is 0 Å². The van der Waals surface area contributed by atoms with E-state index < -0.39 is 99.6 Å². The quantitative estimate of drug-likeness (QED) is 0.0127. The molecule has 6 heterocycles. The standard InChI is InChI=1S/C70H87N15O15S2/c1-43(2)57(78-54(86)15-7-6-10-25-83-55(87)22-23-56(83)88)62(91)85(50(60(71)89)13-11-24-73-64(72)94)46-18-16-45(17-19-46)34-99-66(95)80(29-31-102(96,97)98)28-30-100-70-38-67(4)35-68(5,39-70)37-69(36-67,40-70)41-84-44(3)48(32-75-84)47-20-21-53(77-58(47)63(92)93)81-26-27-82-42-74-59(51(82)33-81)61(90)79-65-76-49-12-8-9-14-52(49)101-65/h8-9,12,14,16-23,32,42-43,50,57H,6-7,10-11,13,15,24-31,33-41H2,1-5H3,(H2,71,89)(H,78,86)(H,92,93)(H3,72,73,94)(H,76,79,90)(H,96,97,98)/t50-,57-,67?,68?,69?,70?/m0/s1. The van der Waals surface area contributed by atoms with Crippen molar-refractivity contribution in [2.24, 2.45) is 33.6 Å². The number of hydrogen-bond donors (Lipinski definition) is 7. The first kappa shape index (κ1) is 73.6. The molecule has 0 spiro atoms. The van der Waals surface area contributed by atoms with Crippen molar-refractivity contribution >= 4 is 102 Å². The number of aromatic carboxylic acids is 1. The number of urea groups is 1. The Morgan fingerprint density at radius 1 is 0.833 bits per heavy atom. The van der Waals surface area contributed by atoms with Gasteiger partial charge in [-0.3, -0.25) is 53.1 Å². The number of carbonyl (C=O) groups excluding carboxylic acids is 8. The molecule has 4 saturated carbocycles. The molecule has 2 aliphatic heterocycles. The molecule has 0 radical (unpaired) electrons. The van der Waals surface area contributed by atoms with Gasteiger partial charge >= 0.3 is 18.1 Å². The Labute approximate surface area is 593 Å². The summed E-state index contributed by atoms with van der Waals surface area (Å²) in [5.41, 5.74) is 13.9. The van der Waals surface area contributed by atoms with Gasteiger partial charge in [-0.2, -0.15) is 13.5 Å². The first-order chi connectivity index (χ1) is 48.4. The lowest BCUT2D eigenvalue weighted by Gasteiger charge is -2.69. The van der Waals surface area contributed by atoms with E-state index in [-0.39, 0.29) is 92.0 Å². The number of thiazole rings is 1. The first-order valence-corrected chi connectivity index (χ1v) is 36.6. The van der Waals surface area contributed by atoms with Gasteiger partial charge in [-0.1, -0.05) is 69.7 Å². The van der Waals surface area contributed by atoms with E-state index in [0.717, 1.165) is 57.8 Å². The molecule has 4 fully saturated rings. The predicted octanol–water partition coefficient (Wildman–Crippen LogP) is 6.95. The smallest absolute Gasteiger partial charge is 0.410 e. The van der Waals surface area contributed by atoms with Gasteiger partial charge in [0, 0.05) is 86.9 Å². The number of fused-ring (bicyclic) bond motifs is 2. The van der Waals surface area contributed by atoms with E-state index in [2.05, 4.69) is 39.8 Å². The number of benzene rings is 2. The molecule has 4 aromatic heterocycles. The summed E-state index contributed by atoms with van der Waals surface area (Å²) >= 11 is 1.36. The van der Waals surface area contributed by atoms with Crippen LogP contribution in [0.5, 0.6) is 0 Å². The second kappa shape index (κ2) is 30.1. The maximum Gasteiger partial charge on any atom is 0.410 e. The van der Waals surface area contributed by atoms with E-state index in [4.69, 9.17) is 31.0 Å². The summed E-state index contributed by atoms with van der Waals surface area (Å²) in [6, 6.07) is 14.1. The number of hydrogen-bond acceptors (Lipinski definition) is 19. The highest BCUT2D eigenvalue weighted by molar-refractivity contribution is 7.85. The van der Waals surface area contributed by atoms with Gasteiger partial charge in [0.1, 0.15) is 24.5 Å². The summed E-state index contributed by atoms with van der Waals surface area (Å²) < 4.78 is 51.8. The van der Waals surface area contributed by atoms with Gasteiger partial charge in [-0.05, 0) is 135 Å². The highest BCUT2D eigenvalue weighted by Gasteiger charge is 2.66. The molecule has 6 aromatic rings. The highest BCUT2D eigenvalue weighted by Crippen LogP contribution is 2.72. The van der Waals surface area contributed by atoms with Crippen LogP contribution in [-0.2, 0) is 69.8 Å². The van der Waals surface area contributed by atoms with Gasteiger partial charge in [-0.25, -0.2) is 29.3 Å². The minimum atomic E-state index is -4.55. The zero-order valence-electron chi connectivity index (χ0n) is 57.7. The molecule has 0 saturated heterocycles. The Morgan fingerprint density at radius 3 is 2.24 bits per heavy atom. The van der Waals surface area contributed by atoms with Gasteiger partial charge < -0.3 is 51.0 Å². The molecule has 9 amide bonds. The molecular formula is C70H87N15O15S2. The summed E-state index contributed by atoms with van der Waals surface area (Å²) in [6.45, 7) is 11.1. The Hall–Kier alpha value is -9.66. The van der Waals surface area contributed by atoms with E-state index in [9.17, 15) is 61.2 Å². The third-order valence-electron chi connectivity index (χ3n) is 20.1. The molecule has 30 nitrogen and oxygen atoms in total. The molecule has 2 unspecified atom stereocenters. The van der Waals surface area contributed by atoms with Crippen LogP contribution >= 0.6 is 11.3 Å². The third kappa shape index (κ3) is 16.9. The maximum atomic E-state index is 14.8. The van der Waals surface area contributed by atoms with Crippen LogP contribution in [0, 0.1) is 29.1 Å². The van der Waals surface area contributed by atoms with Crippen molar-refractivity contribution in [3.8, 4) is 11.1 Å². The monoisotopic (exact) mass is 1440 g/mol.